The number of nitrogens with zero attached hydrogens (tertiary/aromatic N) is 2. The Labute approximate surface area is 741 Å². The minimum Gasteiger partial charge on any atom is -0.493 e. The number of carbonyl (C=O) groups is 12. The Bertz CT molecular complexity index is 4030. The van der Waals surface area contributed by atoms with Gasteiger partial charge in [-0.2, -0.15) is 0 Å². The Morgan fingerprint density at radius 1 is 0.508 bits per heavy atom. The highest BCUT2D eigenvalue weighted by molar-refractivity contribution is 7.20. The summed E-state index contributed by atoms with van der Waals surface area (Å²) in [6.07, 6.45) is -20.5. The molecule has 44 nitrogen and oxygen atoms in total. The van der Waals surface area contributed by atoms with E-state index in [0.717, 1.165) is 11.3 Å². The number of ether oxygens (including phenoxy) is 14. The molecule has 1 unspecified atom stereocenters. The average Bonchev–Trinajstić information content (AvgIpc) is 1.65. The van der Waals surface area contributed by atoms with E-state index in [-0.39, 0.29) is 234 Å². The fourth-order valence-electron chi connectivity index (χ4n) is 12.1. The molecular weight excluding hydrogens is 1730 g/mol. The highest BCUT2D eigenvalue weighted by Crippen LogP contribution is 2.42. The summed E-state index contributed by atoms with van der Waals surface area (Å²) in [5.41, 5.74) is 0.579. The molecule has 1 aromatic heterocycles. The molecule has 9 amide bonds. The third-order valence-corrected chi connectivity index (χ3v) is 20.3. The van der Waals surface area contributed by atoms with Crippen LogP contribution < -0.4 is 50.8 Å². The molecule has 16 N–H and O–H groups in total. The molecule has 1 saturated heterocycles. The van der Waals surface area contributed by atoms with Crippen LogP contribution in [0.25, 0.3) is 10.1 Å². The zero-order valence-corrected chi connectivity index (χ0v) is 72.7. The summed E-state index contributed by atoms with van der Waals surface area (Å²) in [7, 11) is 2.63. The number of rotatable bonds is 70. The normalized spacial score (nSPS) is 15.8. The zero-order valence-electron chi connectivity index (χ0n) is 72.9. The van der Waals surface area contributed by atoms with Gasteiger partial charge in [-0.05, 0) is 44.4 Å². The van der Waals surface area contributed by atoms with Crippen LogP contribution in [0, 0.1) is 11.6 Å². The molecule has 5 rings (SSSR count). The fourth-order valence-corrected chi connectivity index (χ4v) is 13.1. The van der Waals surface area contributed by atoms with E-state index in [4.69, 9.17) is 77.9 Å². The van der Waals surface area contributed by atoms with Gasteiger partial charge in [-0.15, -0.1) is 11.3 Å². The maximum absolute atomic E-state index is 16.2. The quantitative estimate of drug-likeness (QED) is 0.0110. The first kappa shape index (κ1) is 108. The summed E-state index contributed by atoms with van der Waals surface area (Å²) in [5.74, 6) is -10.5. The molecule has 0 radical (unpaired) electrons. The van der Waals surface area contributed by atoms with E-state index >= 15 is 8.78 Å². The van der Waals surface area contributed by atoms with Gasteiger partial charge in [-0.25, -0.2) is 8.78 Å². The third-order valence-electron chi connectivity index (χ3n) is 19.2. The molecule has 0 spiro atoms. The van der Waals surface area contributed by atoms with Gasteiger partial charge in [-0.3, -0.25) is 62.4 Å². The Kier molecular flexibility index (Phi) is 50.9. The number of amides is 9. The van der Waals surface area contributed by atoms with Gasteiger partial charge in [0.1, 0.15) is 61.4 Å². The first-order valence-electron chi connectivity index (χ1n) is 42.2. The smallest absolute Gasteiger partial charge is 0.306 e. The van der Waals surface area contributed by atoms with Crippen LogP contribution >= 0.6 is 11.3 Å². The maximum atomic E-state index is 16.2. The number of aliphatic hydroxyl groups excluding tert-OH is 10. The standard InChI is InChI=1S/C81H122F2N8O36S/c1-5-124-70(106)15-9-54(94)62-38-50-61(128-62)39-60(115-4)79(72(50)82)126-20-6-19-125-78-59(114-3)37-49-43-90(44-51(49)73(78)83)67(103)14-16-71(107)127-48(2)40-86-80(112)53(89-66(102)45-91-68(104)12-13-69(91)105)7-10-63(99)84-18-22-117-24-26-119-28-30-121-32-34-123-36-35-122-33-31-120-29-27-118-25-23-116-21-17-65(101)88-52(81(113)87-42-56(96)75(109)77(111)58(98)47-93)8-11-64(100)85-41-55(95)74(108)76(110)57(97)46-92/h37-39,48,52-53,55-58,74-77,92-93,95-98,108-111H,5-36,40-47H2,1-4H3,(H,84,99)(H,85,100)(H,86,112)(H,87,113)(H,88,101)(H,89,102)/t48-,52-,53-,55-,56-,57+,58+,74+,75+,76+,77+/m0/s1/i12T/t12?,48-,52-,53-,55-,56-,57+,58+,74+,75+,76+,77+. The van der Waals surface area contributed by atoms with Crippen LogP contribution in [0.3, 0.4) is 0 Å². The van der Waals surface area contributed by atoms with E-state index in [2.05, 4.69) is 31.9 Å². The summed E-state index contributed by atoms with van der Waals surface area (Å²) < 4.78 is 117. The van der Waals surface area contributed by atoms with Crippen LogP contribution in [0.4, 0.5) is 8.78 Å². The Hall–Kier alpha value is -9.22. The van der Waals surface area contributed by atoms with Crippen molar-refractivity contribution in [3.63, 3.8) is 0 Å². The molecule has 722 valence electrons. The molecule has 3 heterocycles. The first-order valence-corrected chi connectivity index (χ1v) is 42.4. The Morgan fingerprint density at radius 3 is 1.48 bits per heavy atom. The van der Waals surface area contributed by atoms with Crippen LogP contribution in [0.5, 0.6) is 23.0 Å². The molecule has 2 aliphatic heterocycles. The number of benzene rings is 2. The van der Waals surface area contributed by atoms with Crippen molar-refractivity contribution in [2.45, 2.75) is 171 Å². The summed E-state index contributed by atoms with van der Waals surface area (Å²) >= 11 is 1.04. The number of hydrogen-bond acceptors (Lipinski definition) is 37. The fraction of sp³-hybridized carbons (Fsp3) is 0.679. The summed E-state index contributed by atoms with van der Waals surface area (Å²) in [5, 5.41) is 112. The van der Waals surface area contributed by atoms with Gasteiger partial charge < -0.3 is 154 Å². The van der Waals surface area contributed by atoms with Crippen molar-refractivity contribution in [2.75, 3.05) is 186 Å². The predicted octanol–water partition coefficient (Wildman–Crippen LogP) is -4.34. The lowest BCUT2D eigenvalue weighted by atomic mass is 10.0. The van der Waals surface area contributed by atoms with E-state index in [1.165, 1.54) is 44.2 Å². The summed E-state index contributed by atoms with van der Waals surface area (Å²) in [6.45, 7) is 1.83. The number of likely N-dealkylation sites (tertiary alicyclic amines) is 1. The van der Waals surface area contributed by atoms with Gasteiger partial charge in [-0.1, -0.05) is 0 Å². The number of imide groups is 1. The van der Waals surface area contributed by atoms with Gasteiger partial charge >= 0.3 is 11.9 Å². The third kappa shape index (κ3) is 39.2. The first-order chi connectivity index (χ1) is 61.8. The van der Waals surface area contributed by atoms with Crippen LogP contribution in [0.2, 0.25) is 0 Å². The minimum atomic E-state index is -2.01. The molecule has 47 heteroatoms. The zero-order chi connectivity index (χ0) is 94.9. The van der Waals surface area contributed by atoms with E-state index in [1.807, 2.05) is 0 Å². The second-order valence-corrected chi connectivity index (χ2v) is 30.0. The van der Waals surface area contributed by atoms with Crippen molar-refractivity contribution < 1.29 is 185 Å². The Morgan fingerprint density at radius 2 is 0.977 bits per heavy atom. The van der Waals surface area contributed by atoms with Crippen LogP contribution in [-0.4, -0.2) is 384 Å². The number of fused-ring (bicyclic) bond motifs is 2. The minimum absolute atomic E-state index is 0.0259. The van der Waals surface area contributed by atoms with Gasteiger partial charge in [0, 0.05) is 107 Å². The number of hydrogen-bond donors (Lipinski definition) is 16. The molecule has 12 atom stereocenters. The number of halogens is 2. The van der Waals surface area contributed by atoms with Gasteiger partial charge in [0.05, 0.1) is 189 Å². The summed E-state index contributed by atoms with van der Waals surface area (Å²) in [4.78, 5) is 156. The highest BCUT2D eigenvalue weighted by Gasteiger charge is 2.37. The Balaban J connectivity index is 0.879. The molecular formula is C81H122F2N8O36S. The molecule has 1 fully saturated rings. The predicted molar refractivity (Wildman–Crippen MR) is 440 cm³/mol. The topological polar surface area (TPSA) is 615 Å². The van der Waals surface area contributed by atoms with E-state index < -0.39 is 202 Å². The maximum Gasteiger partial charge on any atom is 0.306 e. The van der Waals surface area contributed by atoms with E-state index in [0.29, 0.717) is 28.4 Å². The van der Waals surface area contributed by atoms with Crippen molar-refractivity contribution in [3.8, 4) is 23.0 Å². The van der Waals surface area contributed by atoms with Gasteiger partial charge in [0.2, 0.25) is 53.2 Å². The molecule has 0 bridgehead atoms. The lowest BCUT2D eigenvalue weighted by Crippen LogP contribution is -2.53. The monoisotopic (exact) mass is 1850 g/mol. The van der Waals surface area contributed by atoms with Gasteiger partial charge in [0.25, 0.3) is 0 Å². The average molecular weight is 1860 g/mol. The highest BCUT2D eigenvalue weighted by atomic mass is 32.1. The van der Waals surface area contributed by atoms with Crippen LogP contribution in [-0.2, 0) is 113 Å². The molecule has 0 aliphatic carbocycles. The lowest BCUT2D eigenvalue weighted by molar-refractivity contribution is -0.150. The van der Waals surface area contributed by atoms with Crippen molar-refractivity contribution in [1.82, 2.24) is 41.7 Å². The molecule has 2 aromatic carbocycles. The van der Waals surface area contributed by atoms with Crippen molar-refractivity contribution in [2.24, 2.45) is 0 Å². The number of thiophene rings is 1. The number of ketones is 1. The second kappa shape index (κ2) is 60.6. The SMILES string of the molecule is [3H]C1CC(=O)N(CC(=O)N[C@@H](CCC(=O)NCCOCCOCCOCCOCCOCCOCCOCCOCCC(=O)N[C@@H](CCC(=O)NC[C@H](O)[C@@H](O)[C@H](O)[C@H](O)CO)C(=O)NC[C@H](O)[C@@H](O)[C@H](O)[C@H](O)CO)C(=O)NC[C@H](C)OC(=O)CCC(=O)N2Cc3cc(OC)c(OCCCOc4c(OC)cc5sc(C(=O)CCC(=O)OCC)cc5c4F)c(F)c3C2)C1=O. The lowest BCUT2D eigenvalue weighted by Gasteiger charge is -2.26. The second-order valence-electron chi connectivity index (χ2n) is 28.9. The number of methoxy groups -OCH3 is 2. The summed E-state index contributed by atoms with van der Waals surface area (Å²) in [6, 6.07) is 1.61. The molecule has 128 heavy (non-hydrogen) atoms. The number of esters is 2. The van der Waals surface area contributed by atoms with Crippen molar-refractivity contribution >= 4 is 92.3 Å². The van der Waals surface area contributed by atoms with Crippen LogP contribution in [0.15, 0.2) is 18.2 Å². The van der Waals surface area contributed by atoms with Crippen molar-refractivity contribution in [3.05, 3.63) is 45.8 Å². The van der Waals surface area contributed by atoms with Gasteiger partial charge in [0.15, 0.2) is 40.4 Å². The number of aliphatic hydroxyl groups is 10. The molecule has 2 aliphatic rings. The number of Topliss-reactive ketones (excluding diaryl/α,β-unsaturated/α-hetero) is 1. The number of carbonyl (C=O) groups excluding carboxylic acids is 12. The molecule has 3 aromatic rings. The molecule has 0 saturated carbocycles. The van der Waals surface area contributed by atoms with Crippen molar-refractivity contribution in [1.29, 1.82) is 0 Å². The number of nitrogens with one attached hydrogen (secondary N) is 6. The van der Waals surface area contributed by atoms with Crippen LogP contribution in [0.1, 0.15) is 113 Å². The largest absolute Gasteiger partial charge is 0.493 e. The van der Waals surface area contributed by atoms with E-state index in [1.54, 1.807) is 6.92 Å². The van der Waals surface area contributed by atoms with E-state index in [9.17, 15) is 98.4 Å².